The molecule has 0 spiro atoms. The average Bonchev–Trinajstić information content (AvgIpc) is 2.38. The topological polar surface area (TPSA) is 41.1 Å². The van der Waals surface area contributed by atoms with Crippen molar-refractivity contribution in [3.63, 3.8) is 0 Å². The first-order chi connectivity index (χ1) is 9.22. The Morgan fingerprint density at radius 3 is 2.58 bits per heavy atom. The van der Waals surface area contributed by atoms with Crippen molar-refractivity contribution < 1.29 is 4.79 Å². The van der Waals surface area contributed by atoms with Gasteiger partial charge in [0.2, 0.25) is 0 Å². The molecule has 0 aliphatic carbocycles. The molecule has 3 atom stereocenters. The van der Waals surface area contributed by atoms with Gasteiger partial charge in [0.25, 0.3) is 5.91 Å². The Kier molecular flexibility index (Phi) is 3.56. The second-order valence-corrected chi connectivity index (χ2v) is 5.95. The van der Waals surface area contributed by atoms with Gasteiger partial charge >= 0.3 is 0 Å². The van der Waals surface area contributed by atoms with E-state index in [0.717, 1.165) is 24.0 Å². The Hall–Kier alpha value is -1.35. The maximum absolute atomic E-state index is 12.3. The zero-order valence-corrected chi connectivity index (χ0v) is 11.5. The maximum atomic E-state index is 12.3. The third kappa shape index (κ3) is 2.81. The van der Waals surface area contributed by atoms with Crippen LogP contribution in [0.2, 0.25) is 0 Å². The first-order valence-electron chi connectivity index (χ1n) is 7.35. The zero-order chi connectivity index (χ0) is 13.2. The smallest absolute Gasteiger partial charge is 0.251 e. The van der Waals surface area contributed by atoms with Crippen LogP contribution in [0.25, 0.3) is 0 Å². The number of benzene rings is 1. The molecular weight excluding hydrogens is 236 g/mol. The first kappa shape index (κ1) is 12.7. The molecule has 2 saturated heterocycles. The second kappa shape index (κ2) is 5.33. The minimum Gasteiger partial charge on any atom is -0.349 e. The normalized spacial score (nSPS) is 29.8. The minimum absolute atomic E-state index is 0.0862. The van der Waals surface area contributed by atoms with E-state index in [2.05, 4.69) is 10.6 Å². The quantitative estimate of drug-likeness (QED) is 0.855. The van der Waals surface area contributed by atoms with Crippen LogP contribution < -0.4 is 10.6 Å². The van der Waals surface area contributed by atoms with Crippen molar-refractivity contribution in [1.29, 1.82) is 0 Å². The fourth-order valence-corrected chi connectivity index (χ4v) is 3.47. The molecular formula is C16H22N2O. The molecule has 1 aromatic rings. The molecule has 3 heteroatoms. The molecule has 19 heavy (non-hydrogen) atoms. The van der Waals surface area contributed by atoms with Crippen LogP contribution in [-0.2, 0) is 0 Å². The number of carbonyl (C=O) groups is 1. The van der Waals surface area contributed by atoms with Gasteiger partial charge in [0.05, 0.1) is 0 Å². The summed E-state index contributed by atoms with van der Waals surface area (Å²) >= 11 is 0. The van der Waals surface area contributed by atoms with E-state index in [4.69, 9.17) is 0 Å². The summed E-state index contributed by atoms with van der Waals surface area (Å²) in [6.45, 7) is 1.99. The number of piperidine rings is 2. The summed E-state index contributed by atoms with van der Waals surface area (Å²) in [5.74, 6) is 0.0862. The van der Waals surface area contributed by atoms with Gasteiger partial charge in [-0.2, -0.15) is 0 Å². The number of aryl methyl sites for hydroxylation is 1. The van der Waals surface area contributed by atoms with E-state index in [0.29, 0.717) is 18.1 Å². The highest BCUT2D eigenvalue weighted by molar-refractivity contribution is 5.95. The van der Waals surface area contributed by atoms with E-state index < -0.39 is 0 Å². The molecule has 1 amide bonds. The fraction of sp³-hybridized carbons (Fsp3) is 0.562. The number of nitrogens with one attached hydrogen (secondary N) is 2. The Morgan fingerprint density at radius 2 is 1.89 bits per heavy atom. The third-order valence-electron chi connectivity index (χ3n) is 4.44. The number of fused-ring (bicyclic) bond motifs is 2. The fourth-order valence-electron chi connectivity index (χ4n) is 3.47. The van der Waals surface area contributed by atoms with Crippen LogP contribution in [0.5, 0.6) is 0 Å². The number of hydrogen-bond acceptors (Lipinski definition) is 2. The SMILES string of the molecule is Cc1ccccc1C(=O)NC1C[C@H]2CCC[C@@H](C1)N2. The summed E-state index contributed by atoms with van der Waals surface area (Å²) < 4.78 is 0. The molecule has 2 aliphatic heterocycles. The van der Waals surface area contributed by atoms with Gasteiger partial charge in [-0.1, -0.05) is 24.6 Å². The largest absolute Gasteiger partial charge is 0.349 e. The van der Waals surface area contributed by atoms with E-state index in [1.165, 1.54) is 19.3 Å². The molecule has 0 aromatic heterocycles. The molecule has 102 valence electrons. The molecule has 3 rings (SSSR count). The summed E-state index contributed by atoms with van der Waals surface area (Å²) in [6.07, 6.45) is 6.00. The van der Waals surface area contributed by atoms with Crippen LogP contribution in [0.15, 0.2) is 24.3 Å². The molecule has 2 fully saturated rings. The second-order valence-electron chi connectivity index (χ2n) is 5.95. The highest BCUT2D eigenvalue weighted by atomic mass is 16.1. The number of amides is 1. The van der Waals surface area contributed by atoms with Crippen molar-refractivity contribution in [2.45, 2.75) is 57.2 Å². The van der Waals surface area contributed by atoms with Crippen LogP contribution in [0, 0.1) is 6.92 Å². The van der Waals surface area contributed by atoms with Crippen molar-refractivity contribution in [3.05, 3.63) is 35.4 Å². The van der Waals surface area contributed by atoms with E-state index in [1.807, 2.05) is 31.2 Å². The van der Waals surface area contributed by atoms with Crippen molar-refractivity contribution in [2.75, 3.05) is 0 Å². The van der Waals surface area contributed by atoms with Crippen LogP contribution in [0.4, 0.5) is 0 Å². The molecule has 1 aromatic carbocycles. The summed E-state index contributed by atoms with van der Waals surface area (Å²) in [6, 6.07) is 9.35. The lowest BCUT2D eigenvalue weighted by Crippen LogP contribution is -2.54. The van der Waals surface area contributed by atoms with Gasteiger partial charge in [-0.3, -0.25) is 4.79 Å². The Bertz CT molecular complexity index is 460. The van der Waals surface area contributed by atoms with E-state index >= 15 is 0 Å². The monoisotopic (exact) mass is 258 g/mol. The van der Waals surface area contributed by atoms with Crippen molar-refractivity contribution in [3.8, 4) is 0 Å². The van der Waals surface area contributed by atoms with Gasteiger partial charge in [-0.15, -0.1) is 0 Å². The average molecular weight is 258 g/mol. The minimum atomic E-state index is 0.0862. The van der Waals surface area contributed by atoms with Gasteiger partial charge in [0, 0.05) is 23.7 Å². The molecule has 3 nitrogen and oxygen atoms in total. The highest BCUT2D eigenvalue weighted by Crippen LogP contribution is 2.26. The Morgan fingerprint density at radius 1 is 1.21 bits per heavy atom. The van der Waals surface area contributed by atoms with Crippen LogP contribution in [0.3, 0.4) is 0 Å². The van der Waals surface area contributed by atoms with Crippen molar-refractivity contribution >= 4 is 5.91 Å². The van der Waals surface area contributed by atoms with E-state index in [1.54, 1.807) is 0 Å². The predicted octanol–water partition coefficient (Wildman–Crippen LogP) is 2.40. The lowest BCUT2D eigenvalue weighted by Gasteiger charge is -2.40. The molecule has 2 heterocycles. The molecule has 0 radical (unpaired) electrons. The third-order valence-corrected chi connectivity index (χ3v) is 4.44. The maximum Gasteiger partial charge on any atom is 0.251 e. The molecule has 2 bridgehead atoms. The summed E-state index contributed by atoms with van der Waals surface area (Å²) in [5, 5.41) is 6.88. The lowest BCUT2D eigenvalue weighted by molar-refractivity contribution is 0.0906. The predicted molar refractivity (Wildman–Crippen MR) is 76.2 cm³/mol. The molecule has 0 saturated carbocycles. The van der Waals surface area contributed by atoms with Crippen LogP contribution >= 0.6 is 0 Å². The number of hydrogen-bond donors (Lipinski definition) is 2. The van der Waals surface area contributed by atoms with Gasteiger partial charge in [0.15, 0.2) is 0 Å². The molecule has 2 N–H and O–H groups in total. The standard InChI is InChI=1S/C16H22N2O/c1-11-5-2-3-8-15(11)16(19)18-14-9-12-6-4-7-13(10-14)17-12/h2-3,5,8,12-14,17H,4,6-7,9-10H2,1H3,(H,18,19)/t12-,13+,14?. The van der Waals surface area contributed by atoms with Gasteiger partial charge in [0.1, 0.15) is 0 Å². The summed E-state index contributed by atoms with van der Waals surface area (Å²) in [7, 11) is 0. The lowest BCUT2D eigenvalue weighted by atomic mass is 9.84. The van der Waals surface area contributed by atoms with Crippen molar-refractivity contribution in [1.82, 2.24) is 10.6 Å². The Balaban J connectivity index is 1.65. The molecule has 2 aliphatic rings. The van der Waals surface area contributed by atoms with Gasteiger partial charge in [-0.25, -0.2) is 0 Å². The first-order valence-corrected chi connectivity index (χ1v) is 7.35. The number of rotatable bonds is 2. The number of carbonyl (C=O) groups excluding carboxylic acids is 1. The van der Waals surface area contributed by atoms with Crippen LogP contribution in [-0.4, -0.2) is 24.0 Å². The summed E-state index contributed by atoms with van der Waals surface area (Å²) in [4.78, 5) is 12.3. The van der Waals surface area contributed by atoms with Crippen LogP contribution in [0.1, 0.15) is 48.0 Å². The van der Waals surface area contributed by atoms with Gasteiger partial charge in [-0.05, 0) is 44.2 Å². The highest BCUT2D eigenvalue weighted by Gasteiger charge is 2.31. The molecule has 1 unspecified atom stereocenters. The summed E-state index contributed by atoms with van der Waals surface area (Å²) in [5.41, 5.74) is 1.86. The van der Waals surface area contributed by atoms with E-state index in [-0.39, 0.29) is 5.91 Å². The Labute approximate surface area is 114 Å². The van der Waals surface area contributed by atoms with E-state index in [9.17, 15) is 4.79 Å². The van der Waals surface area contributed by atoms with Gasteiger partial charge < -0.3 is 10.6 Å². The zero-order valence-electron chi connectivity index (χ0n) is 11.5. The van der Waals surface area contributed by atoms with Crippen molar-refractivity contribution in [2.24, 2.45) is 0 Å².